The summed E-state index contributed by atoms with van der Waals surface area (Å²) >= 11 is 1.42. The third kappa shape index (κ3) is 4.48. The fraction of sp³-hybridized carbons (Fsp3) is 0.438. The van der Waals surface area contributed by atoms with Gasteiger partial charge in [0, 0.05) is 11.5 Å². The summed E-state index contributed by atoms with van der Waals surface area (Å²) in [5.74, 6) is 1.29. The normalized spacial score (nSPS) is 17.0. The lowest BCUT2D eigenvalue weighted by Crippen LogP contribution is -2.14. The number of thioether (sulfide) groups is 1. The first-order valence-corrected chi connectivity index (χ1v) is 8.83. The third-order valence-electron chi connectivity index (χ3n) is 3.40. The summed E-state index contributed by atoms with van der Waals surface area (Å²) in [4.78, 5) is 13.0. The number of anilines is 1. The molecule has 8 heteroatoms. The lowest BCUT2D eigenvalue weighted by atomic mass is 10.2. The minimum absolute atomic E-state index is 0.109. The molecular weight excluding hydrogens is 330 g/mol. The Morgan fingerprint density at radius 1 is 1.38 bits per heavy atom. The van der Waals surface area contributed by atoms with E-state index in [0.717, 1.165) is 23.5 Å². The molecule has 0 radical (unpaired) electrons. The monoisotopic (exact) mass is 349 g/mol. The average molecular weight is 349 g/mol. The molecule has 24 heavy (non-hydrogen) atoms. The van der Waals surface area contributed by atoms with E-state index in [4.69, 9.17) is 13.9 Å². The molecule has 1 aromatic heterocycles. The van der Waals surface area contributed by atoms with Crippen molar-refractivity contribution in [3.8, 4) is 5.75 Å². The molecule has 3 rings (SSSR count). The smallest absolute Gasteiger partial charge is 0.322 e. The van der Waals surface area contributed by atoms with Crippen molar-refractivity contribution in [3.63, 3.8) is 0 Å². The first-order chi connectivity index (χ1) is 11.7. The second-order valence-corrected chi connectivity index (χ2v) is 6.24. The highest BCUT2D eigenvalue weighted by molar-refractivity contribution is 8.00. The standard InChI is InChI=1S/C16H19N3O4S/c1-2-21-11-5-7-12(8-6-11)24-10-14(20)17-16-19-18-15(23-16)13-4-3-9-22-13/h5-8,13H,2-4,9-10H2,1H3,(H,17,19,20)/t13-/m1/s1. The number of benzene rings is 1. The Morgan fingerprint density at radius 3 is 2.92 bits per heavy atom. The van der Waals surface area contributed by atoms with Crippen molar-refractivity contribution in [2.45, 2.75) is 30.8 Å². The molecule has 0 spiro atoms. The van der Waals surface area contributed by atoms with Gasteiger partial charge in [0.25, 0.3) is 0 Å². The first kappa shape index (κ1) is 16.8. The Hall–Kier alpha value is -2.06. The molecule has 1 aliphatic heterocycles. The van der Waals surface area contributed by atoms with Crippen LogP contribution in [0.15, 0.2) is 33.6 Å². The van der Waals surface area contributed by atoms with Gasteiger partial charge in [0.2, 0.25) is 11.8 Å². The maximum absolute atomic E-state index is 12.0. The predicted molar refractivity (Wildman–Crippen MR) is 89.2 cm³/mol. The maximum atomic E-state index is 12.0. The summed E-state index contributed by atoms with van der Waals surface area (Å²) in [5, 5.41) is 10.4. The van der Waals surface area contributed by atoms with E-state index in [1.807, 2.05) is 31.2 Å². The minimum Gasteiger partial charge on any atom is -0.494 e. The molecular formula is C16H19N3O4S. The zero-order chi connectivity index (χ0) is 16.8. The predicted octanol–water partition coefficient (Wildman–Crippen LogP) is 3.05. The van der Waals surface area contributed by atoms with Gasteiger partial charge < -0.3 is 13.9 Å². The van der Waals surface area contributed by atoms with E-state index < -0.39 is 0 Å². The average Bonchev–Trinajstić information content (AvgIpc) is 3.26. The molecule has 1 atom stereocenters. The largest absolute Gasteiger partial charge is 0.494 e. The third-order valence-corrected chi connectivity index (χ3v) is 4.41. The topological polar surface area (TPSA) is 86.5 Å². The van der Waals surface area contributed by atoms with Crippen LogP contribution in [0.2, 0.25) is 0 Å². The lowest BCUT2D eigenvalue weighted by Gasteiger charge is -2.05. The van der Waals surface area contributed by atoms with Gasteiger partial charge in [-0.3, -0.25) is 10.1 Å². The van der Waals surface area contributed by atoms with Crippen molar-refractivity contribution in [2.75, 3.05) is 24.3 Å². The van der Waals surface area contributed by atoms with Gasteiger partial charge in [0.1, 0.15) is 11.9 Å². The fourth-order valence-corrected chi connectivity index (χ4v) is 2.99. The molecule has 0 saturated carbocycles. The highest BCUT2D eigenvalue weighted by Crippen LogP contribution is 2.28. The molecule has 0 aliphatic carbocycles. The molecule has 1 fully saturated rings. The van der Waals surface area contributed by atoms with Crippen molar-refractivity contribution in [2.24, 2.45) is 0 Å². The zero-order valence-electron chi connectivity index (χ0n) is 13.4. The van der Waals surface area contributed by atoms with Crippen LogP contribution in [0, 0.1) is 0 Å². The number of ether oxygens (including phenoxy) is 2. The molecule has 1 amide bonds. The van der Waals surface area contributed by atoms with Gasteiger partial charge in [0.15, 0.2) is 0 Å². The van der Waals surface area contributed by atoms with Crippen LogP contribution < -0.4 is 10.1 Å². The molecule has 1 aliphatic rings. The van der Waals surface area contributed by atoms with Crippen molar-refractivity contribution < 1.29 is 18.7 Å². The molecule has 128 valence electrons. The van der Waals surface area contributed by atoms with Crippen LogP contribution in [-0.2, 0) is 9.53 Å². The number of carbonyl (C=O) groups is 1. The number of nitrogens with one attached hydrogen (secondary N) is 1. The van der Waals surface area contributed by atoms with Crippen molar-refractivity contribution in [1.82, 2.24) is 10.2 Å². The number of carbonyl (C=O) groups excluding carboxylic acids is 1. The van der Waals surface area contributed by atoms with Crippen LogP contribution in [0.5, 0.6) is 5.75 Å². The van der Waals surface area contributed by atoms with E-state index in [1.165, 1.54) is 11.8 Å². The Morgan fingerprint density at radius 2 is 2.21 bits per heavy atom. The molecule has 7 nitrogen and oxygen atoms in total. The molecule has 2 aromatic rings. The zero-order valence-corrected chi connectivity index (χ0v) is 14.2. The fourth-order valence-electron chi connectivity index (χ4n) is 2.29. The summed E-state index contributed by atoms with van der Waals surface area (Å²) in [5.41, 5.74) is 0. The highest BCUT2D eigenvalue weighted by atomic mass is 32.2. The number of hydrogen-bond acceptors (Lipinski definition) is 7. The minimum atomic E-state index is -0.198. The van der Waals surface area contributed by atoms with E-state index in [0.29, 0.717) is 19.1 Å². The molecule has 1 N–H and O–H groups in total. The summed E-state index contributed by atoms with van der Waals surface area (Å²) in [7, 11) is 0. The second kappa shape index (κ2) is 8.16. The van der Waals surface area contributed by atoms with Crippen LogP contribution in [0.3, 0.4) is 0 Å². The number of amides is 1. The summed E-state index contributed by atoms with van der Waals surface area (Å²) < 4.78 is 16.3. The maximum Gasteiger partial charge on any atom is 0.322 e. The molecule has 1 aromatic carbocycles. The van der Waals surface area contributed by atoms with Crippen molar-refractivity contribution >= 4 is 23.7 Å². The number of hydrogen-bond donors (Lipinski definition) is 1. The number of aromatic nitrogens is 2. The van der Waals surface area contributed by atoms with Gasteiger partial charge in [-0.25, -0.2) is 0 Å². The van der Waals surface area contributed by atoms with Gasteiger partial charge in [-0.15, -0.1) is 16.9 Å². The molecule has 1 saturated heterocycles. The van der Waals surface area contributed by atoms with E-state index in [9.17, 15) is 4.79 Å². The summed E-state index contributed by atoms with van der Waals surface area (Å²) in [6.07, 6.45) is 1.69. The molecule has 2 heterocycles. The Kier molecular flexibility index (Phi) is 5.71. The highest BCUT2D eigenvalue weighted by Gasteiger charge is 2.24. The lowest BCUT2D eigenvalue weighted by molar-refractivity contribution is -0.113. The van der Waals surface area contributed by atoms with Gasteiger partial charge >= 0.3 is 6.01 Å². The Labute approximate surface area is 144 Å². The summed E-state index contributed by atoms with van der Waals surface area (Å²) in [6, 6.07) is 7.72. The van der Waals surface area contributed by atoms with Crippen molar-refractivity contribution in [3.05, 3.63) is 30.2 Å². The Bertz CT molecular complexity index is 668. The van der Waals surface area contributed by atoms with Crippen LogP contribution in [-0.4, -0.2) is 35.1 Å². The van der Waals surface area contributed by atoms with Gasteiger partial charge in [-0.1, -0.05) is 5.10 Å². The van der Waals surface area contributed by atoms with Gasteiger partial charge in [-0.2, -0.15) is 0 Å². The first-order valence-electron chi connectivity index (χ1n) is 7.85. The quantitative estimate of drug-likeness (QED) is 0.769. The molecule has 0 bridgehead atoms. The summed E-state index contributed by atoms with van der Waals surface area (Å²) in [6.45, 7) is 3.27. The van der Waals surface area contributed by atoms with Crippen LogP contribution in [0.25, 0.3) is 0 Å². The van der Waals surface area contributed by atoms with Gasteiger partial charge in [0.05, 0.1) is 12.4 Å². The van der Waals surface area contributed by atoms with Gasteiger partial charge in [-0.05, 0) is 44.0 Å². The number of nitrogens with zero attached hydrogens (tertiary/aromatic N) is 2. The SMILES string of the molecule is CCOc1ccc(SCC(=O)Nc2nnc([C@H]3CCCO3)o2)cc1. The second-order valence-electron chi connectivity index (χ2n) is 5.19. The van der Waals surface area contributed by atoms with E-state index in [-0.39, 0.29) is 23.8 Å². The van der Waals surface area contributed by atoms with Crippen molar-refractivity contribution in [1.29, 1.82) is 0 Å². The Balaban J connectivity index is 1.47. The van der Waals surface area contributed by atoms with Crippen LogP contribution in [0.1, 0.15) is 31.8 Å². The number of rotatable bonds is 7. The van der Waals surface area contributed by atoms with E-state index in [2.05, 4.69) is 15.5 Å². The van der Waals surface area contributed by atoms with E-state index in [1.54, 1.807) is 0 Å². The van der Waals surface area contributed by atoms with Crippen LogP contribution in [0.4, 0.5) is 6.01 Å². The van der Waals surface area contributed by atoms with E-state index >= 15 is 0 Å². The molecule has 0 unspecified atom stereocenters. The van der Waals surface area contributed by atoms with Crippen LogP contribution >= 0.6 is 11.8 Å².